The van der Waals surface area contributed by atoms with Crippen LogP contribution in [-0.4, -0.2) is 74.8 Å². The predicted molar refractivity (Wildman–Crippen MR) is 169 cm³/mol. The second-order valence-corrected chi connectivity index (χ2v) is 12.4. The number of nitrogens with zero attached hydrogens (tertiary/aromatic N) is 3. The maximum atomic E-state index is 11.2. The molecule has 1 amide bonds. The number of carbonyl (C=O) groups is 1. The van der Waals surface area contributed by atoms with Crippen molar-refractivity contribution in [2.75, 3.05) is 62.2 Å². The molecule has 4 saturated heterocycles. The van der Waals surface area contributed by atoms with Gasteiger partial charge >= 0.3 is 5.37 Å². The fourth-order valence-corrected chi connectivity index (χ4v) is 6.51. The number of hydrogen-bond donors (Lipinski definition) is 1. The van der Waals surface area contributed by atoms with E-state index in [-0.39, 0.29) is 11.5 Å². The average molecular weight is 624 g/mol. The summed E-state index contributed by atoms with van der Waals surface area (Å²) in [4.78, 5) is 17.5. The quantitative estimate of drug-likeness (QED) is 0.271. The standard InChI is InChI=1S/C16H20Cl2N2O2.C15H21ClN2O/c17-12-3-4-15(14(11-12)19-7-1-2-8-19)22-13-5-9-20(10-6-13)16(18)21;16-12-3-4-15(19-13-5-7-17-8-6-13)14(11-12)18-9-1-2-10-18/h3-4,11,13H,1-2,5-10H2;3-4,11,13,17H,1-2,5-10H2. The topological polar surface area (TPSA) is 57.3 Å². The number of hydrogen-bond acceptors (Lipinski definition) is 6. The second kappa shape index (κ2) is 14.9. The van der Waals surface area contributed by atoms with E-state index in [0.717, 1.165) is 92.2 Å². The van der Waals surface area contributed by atoms with Crippen molar-refractivity contribution < 1.29 is 14.3 Å². The Bertz CT molecular complexity index is 1140. The molecule has 0 aliphatic carbocycles. The number of nitrogens with one attached hydrogen (secondary N) is 1. The van der Waals surface area contributed by atoms with E-state index in [4.69, 9.17) is 44.3 Å². The van der Waals surface area contributed by atoms with Gasteiger partial charge in [0.15, 0.2) is 0 Å². The van der Waals surface area contributed by atoms with E-state index in [0.29, 0.717) is 19.2 Å². The molecule has 10 heteroatoms. The number of anilines is 2. The summed E-state index contributed by atoms with van der Waals surface area (Å²) in [6.45, 7) is 7.74. The number of ether oxygens (including phenoxy) is 2. The van der Waals surface area contributed by atoms with Gasteiger partial charge in [-0.15, -0.1) is 0 Å². The van der Waals surface area contributed by atoms with E-state index in [9.17, 15) is 4.79 Å². The second-order valence-electron chi connectivity index (χ2n) is 11.2. The molecule has 7 nitrogen and oxygen atoms in total. The predicted octanol–water partition coefficient (Wildman–Crippen LogP) is 7.21. The molecule has 6 rings (SSSR count). The molecule has 0 radical (unpaired) electrons. The van der Waals surface area contributed by atoms with Crippen LogP contribution in [0.15, 0.2) is 36.4 Å². The molecule has 0 bridgehead atoms. The van der Waals surface area contributed by atoms with Gasteiger partial charge in [-0.1, -0.05) is 23.2 Å². The number of benzene rings is 2. The Hall–Kier alpha value is -2.06. The van der Waals surface area contributed by atoms with Crippen molar-refractivity contribution in [2.24, 2.45) is 0 Å². The van der Waals surface area contributed by atoms with Crippen molar-refractivity contribution >= 4 is 51.5 Å². The molecule has 0 unspecified atom stereocenters. The van der Waals surface area contributed by atoms with Crippen LogP contribution in [0.4, 0.5) is 16.2 Å². The summed E-state index contributed by atoms with van der Waals surface area (Å²) >= 11 is 17.8. The van der Waals surface area contributed by atoms with Crippen molar-refractivity contribution in [1.82, 2.24) is 10.2 Å². The lowest BCUT2D eigenvalue weighted by Crippen LogP contribution is -2.39. The Kier molecular flexibility index (Phi) is 11.0. The lowest BCUT2D eigenvalue weighted by atomic mass is 10.1. The molecule has 0 saturated carbocycles. The van der Waals surface area contributed by atoms with Crippen molar-refractivity contribution in [3.05, 3.63) is 46.4 Å². The highest BCUT2D eigenvalue weighted by Gasteiger charge is 2.25. The van der Waals surface area contributed by atoms with Gasteiger partial charge in [0.25, 0.3) is 0 Å². The first kappa shape index (κ1) is 30.4. The van der Waals surface area contributed by atoms with Gasteiger partial charge in [-0.3, -0.25) is 4.79 Å². The zero-order valence-corrected chi connectivity index (χ0v) is 25.9. The lowest BCUT2D eigenvalue weighted by Gasteiger charge is -2.32. The normalized spacial score (nSPS) is 20.1. The van der Waals surface area contributed by atoms with Crippen molar-refractivity contribution in [1.29, 1.82) is 0 Å². The molecule has 4 heterocycles. The zero-order chi connectivity index (χ0) is 28.6. The van der Waals surface area contributed by atoms with Gasteiger partial charge < -0.3 is 29.5 Å². The van der Waals surface area contributed by atoms with Gasteiger partial charge in [-0.25, -0.2) is 0 Å². The maximum absolute atomic E-state index is 11.2. The molecule has 4 aliphatic rings. The van der Waals surface area contributed by atoms with Crippen LogP contribution in [0.5, 0.6) is 11.5 Å². The van der Waals surface area contributed by atoms with E-state index in [1.54, 1.807) is 4.90 Å². The molecular formula is C31H41Cl3N4O3. The van der Waals surface area contributed by atoms with E-state index >= 15 is 0 Å². The molecular weight excluding hydrogens is 583 g/mol. The van der Waals surface area contributed by atoms with E-state index < -0.39 is 0 Å². The highest BCUT2D eigenvalue weighted by molar-refractivity contribution is 6.62. The summed E-state index contributed by atoms with van der Waals surface area (Å²) in [6.07, 6.45) is 9.19. The molecule has 2 aromatic rings. The number of halogens is 3. The van der Waals surface area contributed by atoms with Gasteiger partial charge in [0.2, 0.25) is 0 Å². The molecule has 0 aromatic heterocycles. The van der Waals surface area contributed by atoms with Crippen molar-refractivity contribution in [2.45, 2.75) is 63.6 Å². The van der Waals surface area contributed by atoms with Crippen LogP contribution in [0.1, 0.15) is 51.4 Å². The van der Waals surface area contributed by atoms with Gasteiger partial charge in [0, 0.05) is 62.2 Å². The van der Waals surface area contributed by atoms with Crippen LogP contribution < -0.4 is 24.6 Å². The van der Waals surface area contributed by atoms with Crippen LogP contribution in [0.25, 0.3) is 0 Å². The van der Waals surface area contributed by atoms with E-state index in [1.807, 2.05) is 36.4 Å². The third-order valence-electron chi connectivity index (χ3n) is 8.30. The fourth-order valence-electron chi connectivity index (χ4n) is 6.01. The summed E-state index contributed by atoms with van der Waals surface area (Å²) in [6, 6.07) is 11.8. The largest absolute Gasteiger partial charge is 0.488 e. The highest BCUT2D eigenvalue weighted by atomic mass is 35.5. The Morgan fingerprint density at radius 2 is 1.12 bits per heavy atom. The minimum absolute atomic E-state index is 0.120. The van der Waals surface area contributed by atoms with Crippen LogP contribution in [0.3, 0.4) is 0 Å². The van der Waals surface area contributed by atoms with Crippen LogP contribution >= 0.6 is 34.8 Å². The number of rotatable bonds is 6. The molecule has 2 aromatic carbocycles. The Morgan fingerprint density at radius 1 is 0.683 bits per heavy atom. The number of likely N-dealkylation sites (tertiary alicyclic amines) is 1. The van der Waals surface area contributed by atoms with Gasteiger partial charge in [-0.2, -0.15) is 0 Å². The minimum atomic E-state index is -0.373. The van der Waals surface area contributed by atoms with Gasteiger partial charge in [-0.05, 0) is 99.6 Å². The number of piperidine rings is 2. The molecule has 1 N–H and O–H groups in total. The maximum Gasteiger partial charge on any atom is 0.316 e. The third kappa shape index (κ3) is 8.50. The number of amides is 1. The van der Waals surface area contributed by atoms with E-state index in [1.165, 1.54) is 31.4 Å². The van der Waals surface area contributed by atoms with Gasteiger partial charge in [0.1, 0.15) is 23.7 Å². The summed E-state index contributed by atoms with van der Waals surface area (Å²) in [5, 5.41) is 4.52. The Labute approximate surface area is 259 Å². The molecule has 41 heavy (non-hydrogen) atoms. The smallest absolute Gasteiger partial charge is 0.316 e. The first-order valence-corrected chi connectivity index (χ1v) is 16.2. The van der Waals surface area contributed by atoms with Crippen molar-refractivity contribution in [3.8, 4) is 11.5 Å². The molecule has 224 valence electrons. The zero-order valence-electron chi connectivity index (χ0n) is 23.6. The Balaban J connectivity index is 0.000000166. The summed E-state index contributed by atoms with van der Waals surface area (Å²) in [7, 11) is 0. The first-order valence-electron chi connectivity index (χ1n) is 15.0. The molecule has 0 spiro atoms. The lowest BCUT2D eigenvalue weighted by molar-refractivity contribution is 0.119. The third-order valence-corrected chi connectivity index (χ3v) is 9.01. The SMILES string of the molecule is Clc1ccc(OC2CCNCC2)c(N2CCCC2)c1.O=C(Cl)N1CCC(Oc2ccc(Cl)cc2N2CCCC2)CC1. The van der Waals surface area contributed by atoms with Gasteiger partial charge in [0.05, 0.1) is 11.4 Å². The average Bonchev–Trinajstić information content (AvgIpc) is 3.72. The summed E-state index contributed by atoms with van der Waals surface area (Å²) in [5.41, 5.74) is 2.25. The minimum Gasteiger partial charge on any atom is -0.488 e. The van der Waals surface area contributed by atoms with Crippen molar-refractivity contribution in [3.63, 3.8) is 0 Å². The fraction of sp³-hybridized carbons (Fsp3) is 0.581. The summed E-state index contributed by atoms with van der Waals surface area (Å²) < 4.78 is 12.4. The van der Waals surface area contributed by atoms with E-state index in [2.05, 4.69) is 15.1 Å². The summed E-state index contributed by atoms with van der Waals surface area (Å²) in [5.74, 6) is 1.89. The molecule has 4 aliphatic heterocycles. The molecule has 4 fully saturated rings. The van der Waals surface area contributed by atoms with Crippen LogP contribution in [0, 0.1) is 0 Å². The Morgan fingerprint density at radius 3 is 1.56 bits per heavy atom. The molecule has 0 atom stereocenters. The first-order chi connectivity index (χ1) is 20.0. The van der Waals surface area contributed by atoms with Crippen LogP contribution in [-0.2, 0) is 0 Å². The number of carbonyl (C=O) groups excluding carboxylic acids is 1. The highest BCUT2D eigenvalue weighted by Crippen LogP contribution is 2.36. The van der Waals surface area contributed by atoms with Crippen LogP contribution in [0.2, 0.25) is 10.0 Å². The monoisotopic (exact) mass is 622 g/mol.